The lowest BCUT2D eigenvalue weighted by Crippen LogP contribution is -2.41. The summed E-state index contributed by atoms with van der Waals surface area (Å²) in [5.74, 6) is 0.118. The van der Waals surface area contributed by atoms with Crippen LogP contribution in [0.1, 0.15) is 38.2 Å². The van der Waals surface area contributed by atoms with E-state index in [9.17, 15) is 4.79 Å². The molecule has 1 amide bonds. The van der Waals surface area contributed by atoms with Crippen LogP contribution in [-0.2, 0) is 9.53 Å². The molecular formula is C18H27NO2S. The van der Waals surface area contributed by atoms with E-state index in [0.29, 0.717) is 0 Å². The third-order valence-corrected chi connectivity index (χ3v) is 5.57. The van der Waals surface area contributed by atoms with Gasteiger partial charge in [0.15, 0.2) is 0 Å². The molecule has 0 radical (unpaired) electrons. The molecule has 0 saturated heterocycles. The minimum atomic E-state index is -0.0799. The number of hydrogen-bond acceptors (Lipinski definition) is 3. The number of carbonyl (C=O) groups excluding carboxylic acids is 1. The van der Waals surface area contributed by atoms with Gasteiger partial charge < -0.3 is 10.1 Å². The summed E-state index contributed by atoms with van der Waals surface area (Å²) in [5.41, 5.74) is 1.39. The Morgan fingerprint density at radius 2 is 1.95 bits per heavy atom. The highest BCUT2D eigenvalue weighted by molar-refractivity contribution is 8.00. The van der Waals surface area contributed by atoms with E-state index in [2.05, 4.69) is 36.5 Å². The molecule has 22 heavy (non-hydrogen) atoms. The highest BCUT2D eigenvalue weighted by atomic mass is 32.2. The first-order chi connectivity index (χ1) is 10.5. The zero-order chi connectivity index (χ0) is 16.0. The predicted molar refractivity (Wildman–Crippen MR) is 92.3 cm³/mol. The number of aryl methyl sites for hydroxylation is 1. The Labute approximate surface area is 138 Å². The van der Waals surface area contributed by atoms with Crippen LogP contribution in [0.15, 0.2) is 29.2 Å². The number of nitrogens with one attached hydrogen (secondary N) is 1. The number of carbonyl (C=O) groups is 1. The molecule has 1 unspecified atom stereocenters. The van der Waals surface area contributed by atoms with Crippen LogP contribution in [0.2, 0.25) is 0 Å². The molecule has 1 aromatic rings. The van der Waals surface area contributed by atoms with Crippen molar-refractivity contribution in [1.82, 2.24) is 5.32 Å². The van der Waals surface area contributed by atoms with Crippen LogP contribution in [0.25, 0.3) is 0 Å². The summed E-state index contributed by atoms with van der Waals surface area (Å²) in [6, 6.07) is 8.32. The highest BCUT2D eigenvalue weighted by Gasteiger charge is 2.34. The second kappa shape index (κ2) is 8.02. The van der Waals surface area contributed by atoms with Gasteiger partial charge in [-0.15, -0.1) is 11.8 Å². The number of hydrogen-bond donors (Lipinski definition) is 1. The standard InChI is InChI=1S/C18H27NO2S/c1-14-6-8-16(9-7-14)22-15(2)17(20)19-12-18(13-21-3)10-4-5-11-18/h6-9,15H,4-5,10-13H2,1-3H3,(H,19,20). The lowest BCUT2D eigenvalue weighted by atomic mass is 9.87. The van der Waals surface area contributed by atoms with Crippen LogP contribution < -0.4 is 5.32 Å². The molecule has 1 N–H and O–H groups in total. The lowest BCUT2D eigenvalue weighted by Gasteiger charge is -2.28. The molecule has 0 spiro atoms. The molecule has 0 heterocycles. The molecule has 1 aromatic carbocycles. The third-order valence-electron chi connectivity index (χ3n) is 4.46. The lowest BCUT2D eigenvalue weighted by molar-refractivity contribution is -0.121. The maximum absolute atomic E-state index is 12.3. The first-order valence-corrected chi connectivity index (χ1v) is 8.93. The quantitative estimate of drug-likeness (QED) is 0.776. The van der Waals surface area contributed by atoms with Gasteiger partial charge in [0, 0.05) is 24.0 Å². The monoisotopic (exact) mass is 321 g/mol. The van der Waals surface area contributed by atoms with Crippen LogP contribution in [-0.4, -0.2) is 31.4 Å². The van der Waals surface area contributed by atoms with Gasteiger partial charge in [-0.05, 0) is 38.8 Å². The zero-order valence-corrected chi connectivity index (χ0v) is 14.7. The minimum Gasteiger partial charge on any atom is -0.384 e. The Kier molecular flexibility index (Phi) is 6.33. The van der Waals surface area contributed by atoms with Crippen LogP contribution >= 0.6 is 11.8 Å². The summed E-state index contributed by atoms with van der Waals surface area (Å²) in [4.78, 5) is 13.5. The molecule has 1 fully saturated rings. The third kappa shape index (κ3) is 4.75. The van der Waals surface area contributed by atoms with Crippen molar-refractivity contribution in [2.24, 2.45) is 5.41 Å². The van der Waals surface area contributed by atoms with E-state index < -0.39 is 0 Å². The molecule has 2 rings (SSSR count). The molecule has 0 aliphatic heterocycles. The fourth-order valence-electron chi connectivity index (χ4n) is 3.10. The van der Waals surface area contributed by atoms with Crippen molar-refractivity contribution < 1.29 is 9.53 Å². The van der Waals surface area contributed by atoms with Gasteiger partial charge in [0.05, 0.1) is 11.9 Å². The topological polar surface area (TPSA) is 38.3 Å². The predicted octanol–water partition coefficient (Wildman–Crippen LogP) is 3.80. The Hall–Kier alpha value is -1.00. The molecule has 0 aromatic heterocycles. The molecule has 1 aliphatic rings. The molecule has 1 atom stereocenters. The molecule has 4 heteroatoms. The smallest absolute Gasteiger partial charge is 0.233 e. The van der Waals surface area contributed by atoms with Crippen molar-refractivity contribution in [2.45, 2.75) is 49.7 Å². The number of amides is 1. The summed E-state index contributed by atoms with van der Waals surface area (Å²) in [5, 5.41) is 3.06. The molecular weight excluding hydrogens is 294 g/mol. The highest BCUT2D eigenvalue weighted by Crippen LogP contribution is 2.37. The minimum absolute atomic E-state index is 0.0799. The van der Waals surface area contributed by atoms with Crippen LogP contribution in [0.5, 0.6) is 0 Å². The van der Waals surface area contributed by atoms with Crippen molar-refractivity contribution in [3.8, 4) is 0 Å². The van der Waals surface area contributed by atoms with E-state index >= 15 is 0 Å². The van der Waals surface area contributed by atoms with E-state index in [1.165, 1.54) is 18.4 Å². The largest absolute Gasteiger partial charge is 0.384 e. The van der Waals surface area contributed by atoms with Gasteiger partial charge in [-0.1, -0.05) is 30.5 Å². The van der Waals surface area contributed by atoms with Gasteiger partial charge in [-0.25, -0.2) is 0 Å². The van der Waals surface area contributed by atoms with E-state index in [0.717, 1.165) is 30.9 Å². The number of ether oxygens (including phenoxy) is 1. The fourth-order valence-corrected chi connectivity index (χ4v) is 3.99. The summed E-state index contributed by atoms with van der Waals surface area (Å²) < 4.78 is 5.37. The van der Waals surface area contributed by atoms with Crippen molar-refractivity contribution >= 4 is 17.7 Å². The summed E-state index contributed by atoms with van der Waals surface area (Å²) in [7, 11) is 1.75. The summed E-state index contributed by atoms with van der Waals surface area (Å²) >= 11 is 1.61. The fraction of sp³-hybridized carbons (Fsp3) is 0.611. The number of rotatable bonds is 7. The average Bonchev–Trinajstić information content (AvgIpc) is 2.96. The van der Waals surface area contributed by atoms with Gasteiger partial charge in [-0.2, -0.15) is 0 Å². The van der Waals surface area contributed by atoms with Gasteiger partial charge in [0.1, 0.15) is 0 Å². The number of methoxy groups -OCH3 is 1. The van der Waals surface area contributed by atoms with Gasteiger partial charge in [0.25, 0.3) is 0 Å². The number of benzene rings is 1. The Bertz CT molecular complexity index is 480. The van der Waals surface area contributed by atoms with Gasteiger partial charge >= 0.3 is 0 Å². The second-order valence-corrected chi connectivity index (χ2v) is 7.85. The molecule has 0 bridgehead atoms. The van der Waals surface area contributed by atoms with Crippen molar-refractivity contribution in [3.05, 3.63) is 29.8 Å². The maximum atomic E-state index is 12.3. The summed E-state index contributed by atoms with van der Waals surface area (Å²) in [6.07, 6.45) is 4.79. The molecule has 1 aliphatic carbocycles. The van der Waals surface area contributed by atoms with E-state index in [4.69, 9.17) is 4.74 Å². The maximum Gasteiger partial charge on any atom is 0.233 e. The Balaban J connectivity index is 1.84. The van der Waals surface area contributed by atoms with Crippen molar-refractivity contribution in [1.29, 1.82) is 0 Å². The van der Waals surface area contributed by atoms with E-state index in [1.807, 2.05) is 6.92 Å². The van der Waals surface area contributed by atoms with Gasteiger partial charge in [-0.3, -0.25) is 4.79 Å². The van der Waals surface area contributed by atoms with Crippen LogP contribution in [0.4, 0.5) is 0 Å². The Morgan fingerprint density at radius 1 is 1.32 bits per heavy atom. The second-order valence-electron chi connectivity index (χ2n) is 6.43. The van der Waals surface area contributed by atoms with Crippen molar-refractivity contribution in [3.63, 3.8) is 0 Å². The zero-order valence-electron chi connectivity index (χ0n) is 13.9. The normalized spacial score (nSPS) is 18.1. The molecule has 1 saturated carbocycles. The average molecular weight is 321 g/mol. The first-order valence-electron chi connectivity index (χ1n) is 8.05. The molecule has 3 nitrogen and oxygen atoms in total. The summed E-state index contributed by atoms with van der Waals surface area (Å²) in [6.45, 7) is 5.52. The van der Waals surface area contributed by atoms with E-state index in [-0.39, 0.29) is 16.6 Å². The van der Waals surface area contributed by atoms with E-state index in [1.54, 1.807) is 18.9 Å². The van der Waals surface area contributed by atoms with Gasteiger partial charge in [0.2, 0.25) is 5.91 Å². The Morgan fingerprint density at radius 3 is 2.55 bits per heavy atom. The number of thioether (sulfide) groups is 1. The van der Waals surface area contributed by atoms with Crippen molar-refractivity contribution in [2.75, 3.05) is 20.3 Å². The molecule has 122 valence electrons. The van der Waals surface area contributed by atoms with Crippen LogP contribution in [0, 0.1) is 12.3 Å². The SMILES string of the molecule is COCC1(CNC(=O)C(C)Sc2ccc(C)cc2)CCCC1. The van der Waals surface area contributed by atoms with Crippen LogP contribution in [0.3, 0.4) is 0 Å². The first kappa shape index (κ1) is 17.4.